The molecule has 4 saturated carbocycles. The van der Waals surface area contributed by atoms with Gasteiger partial charge in [0.1, 0.15) is 0 Å². The Labute approximate surface area is 142 Å². The number of fused-ring (bicyclic) bond motifs is 5. The van der Waals surface area contributed by atoms with E-state index in [9.17, 15) is 10.2 Å². The second-order valence-corrected chi connectivity index (χ2v) is 9.85. The summed E-state index contributed by atoms with van der Waals surface area (Å²) in [7, 11) is 0. The van der Waals surface area contributed by atoms with Crippen LogP contribution in [0.2, 0.25) is 0 Å². The highest BCUT2D eigenvalue weighted by Crippen LogP contribution is 2.60. The summed E-state index contributed by atoms with van der Waals surface area (Å²) in [6.07, 6.45) is 12.4. The van der Waals surface area contributed by atoms with Gasteiger partial charge >= 0.3 is 0 Å². The lowest BCUT2D eigenvalue weighted by molar-refractivity contribution is -0.128. The predicted molar refractivity (Wildman–Crippen MR) is 92.9 cm³/mol. The van der Waals surface area contributed by atoms with Crippen molar-refractivity contribution in [2.45, 2.75) is 90.3 Å². The van der Waals surface area contributed by atoms with Crippen LogP contribution in [-0.4, -0.2) is 22.4 Å². The Morgan fingerprint density at radius 1 is 0.609 bits per heavy atom. The van der Waals surface area contributed by atoms with Gasteiger partial charge in [0.25, 0.3) is 0 Å². The number of aliphatic hydroxyl groups excluding tert-OH is 2. The second-order valence-electron chi connectivity index (χ2n) is 9.85. The SMILES string of the molecule is CC1(C)C(O)CCC2C3CCC4C(O)CCCCC4C3CCC21. The molecule has 0 aromatic heterocycles. The first-order valence-corrected chi connectivity index (χ1v) is 10.4. The quantitative estimate of drug-likeness (QED) is 0.695. The standard InChI is InChI=1S/C21H36O2/c1-21(2)18-11-9-14-13-5-3-4-6-19(22)17(13)8-7-15(14)16(18)10-12-20(21)23/h13-20,22-23H,3-12H2,1-2H3. The minimum Gasteiger partial charge on any atom is -0.393 e. The third-order valence-electron chi connectivity index (χ3n) is 8.73. The van der Waals surface area contributed by atoms with Crippen LogP contribution in [0.25, 0.3) is 0 Å². The second kappa shape index (κ2) is 6.02. The molecule has 2 heteroatoms. The largest absolute Gasteiger partial charge is 0.393 e. The van der Waals surface area contributed by atoms with Crippen LogP contribution < -0.4 is 0 Å². The van der Waals surface area contributed by atoms with E-state index in [2.05, 4.69) is 13.8 Å². The minimum absolute atomic E-state index is 0.0224. The molecule has 0 bridgehead atoms. The van der Waals surface area contributed by atoms with E-state index >= 15 is 0 Å². The van der Waals surface area contributed by atoms with Crippen molar-refractivity contribution in [2.75, 3.05) is 0 Å². The molecule has 8 unspecified atom stereocenters. The Kier molecular flexibility index (Phi) is 4.29. The van der Waals surface area contributed by atoms with E-state index in [0.29, 0.717) is 5.92 Å². The van der Waals surface area contributed by atoms with Gasteiger partial charge in [0.15, 0.2) is 0 Å². The third-order valence-corrected chi connectivity index (χ3v) is 8.73. The fourth-order valence-corrected chi connectivity index (χ4v) is 7.45. The fraction of sp³-hybridized carbons (Fsp3) is 1.00. The number of rotatable bonds is 0. The van der Waals surface area contributed by atoms with E-state index in [1.807, 2.05) is 0 Å². The zero-order chi connectivity index (χ0) is 16.2. The Balaban J connectivity index is 1.57. The molecule has 4 aliphatic rings. The lowest BCUT2D eigenvalue weighted by Crippen LogP contribution is -2.53. The van der Waals surface area contributed by atoms with Gasteiger partial charge in [0, 0.05) is 0 Å². The van der Waals surface area contributed by atoms with Crippen molar-refractivity contribution in [3.05, 3.63) is 0 Å². The van der Waals surface area contributed by atoms with Crippen LogP contribution in [-0.2, 0) is 0 Å². The molecule has 23 heavy (non-hydrogen) atoms. The number of hydrogen-bond donors (Lipinski definition) is 2. The normalized spacial score (nSPS) is 52.7. The zero-order valence-electron chi connectivity index (χ0n) is 15.1. The first-order chi connectivity index (χ1) is 11.0. The molecule has 0 saturated heterocycles. The van der Waals surface area contributed by atoms with Crippen LogP contribution in [0.4, 0.5) is 0 Å². The first kappa shape index (κ1) is 16.4. The summed E-state index contributed by atoms with van der Waals surface area (Å²) in [6, 6.07) is 0. The molecule has 0 spiro atoms. The monoisotopic (exact) mass is 320 g/mol. The van der Waals surface area contributed by atoms with Gasteiger partial charge in [-0.3, -0.25) is 0 Å². The van der Waals surface area contributed by atoms with Gasteiger partial charge in [-0.25, -0.2) is 0 Å². The lowest BCUT2D eigenvalue weighted by Gasteiger charge is -2.58. The summed E-state index contributed by atoms with van der Waals surface area (Å²) in [5.41, 5.74) is 0.105. The van der Waals surface area contributed by atoms with Crippen molar-refractivity contribution in [1.82, 2.24) is 0 Å². The van der Waals surface area contributed by atoms with Crippen molar-refractivity contribution in [3.63, 3.8) is 0 Å². The molecule has 0 aliphatic heterocycles. The molecular weight excluding hydrogens is 284 g/mol. The maximum Gasteiger partial charge on any atom is 0.0594 e. The molecule has 4 fully saturated rings. The summed E-state index contributed by atoms with van der Waals surface area (Å²) in [5.74, 6) is 4.70. The maximum absolute atomic E-state index is 10.6. The van der Waals surface area contributed by atoms with E-state index < -0.39 is 0 Å². The minimum atomic E-state index is -0.101. The van der Waals surface area contributed by atoms with Gasteiger partial charge in [0.2, 0.25) is 0 Å². The molecular formula is C21H36O2. The molecule has 8 atom stereocenters. The van der Waals surface area contributed by atoms with Crippen LogP contribution in [0.3, 0.4) is 0 Å². The summed E-state index contributed by atoms with van der Waals surface area (Å²) in [6.45, 7) is 4.63. The first-order valence-electron chi connectivity index (χ1n) is 10.4. The average molecular weight is 321 g/mol. The smallest absolute Gasteiger partial charge is 0.0594 e. The van der Waals surface area contributed by atoms with Crippen molar-refractivity contribution < 1.29 is 10.2 Å². The van der Waals surface area contributed by atoms with E-state index in [0.717, 1.165) is 42.4 Å². The summed E-state index contributed by atoms with van der Waals surface area (Å²) < 4.78 is 0. The van der Waals surface area contributed by atoms with Crippen LogP contribution >= 0.6 is 0 Å². The van der Waals surface area contributed by atoms with Gasteiger partial charge in [0.05, 0.1) is 12.2 Å². The summed E-state index contributed by atoms with van der Waals surface area (Å²) >= 11 is 0. The molecule has 0 aromatic carbocycles. The van der Waals surface area contributed by atoms with Gasteiger partial charge in [-0.05, 0) is 92.3 Å². The molecule has 0 heterocycles. The number of hydrogen-bond acceptors (Lipinski definition) is 2. The van der Waals surface area contributed by atoms with Gasteiger partial charge < -0.3 is 10.2 Å². The average Bonchev–Trinajstić information content (AvgIpc) is 2.72. The Hall–Kier alpha value is -0.0800. The topological polar surface area (TPSA) is 40.5 Å². The molecule has 0 amide bonds. The predicted octanol–water partition coefficient (Wildman–Crippen LogP) is 4.39. The zero-order valence-corrected chi connectivity index (χ0v) is 15.1. The fourth-order valence-electron chi connectivity index (χ4n) is 7.45. The van der Waals surface area contributed by atoms with Crippen LogP contribution in [0.5, 0.6) is 0 Å². The Morgan fingerprint density at radius 2 is 1.17 bits per heavy atom. The van der Waals surface area contributed by atoms with Crippen molar-refractivity contribution in [2.24, 2.45) is 40.9 Å². The molecule has 2 nitrogen and oxygen atoms in total. The van der Waals surface area contributed by atoms with Gasteiger partial charge in [-0.15, -0.1) is 0 Å². The lowest BCUT2D eigenvalue weighted by atomic mass is 9.48. The van der Waals surface area contributed by atoms with Crippen molar-refractivity contribution >= 4 is 0 Å². The van der Waals surface area contributed by atoms with Crippen LogP contribution in [0.1, 0.15) is 78.1 Å². The highest BCUT2D eigenvalue weighted by molar-refractivity contribution is 5.03. The molecule has 4 aliphatic carbocycles. The molecule has 4 rings (SSSR count). The highest BCUT2D eigenvalue weighted by Gasteiger charge is 2.54. The van der Waals surface area contributed by atoms with E-state index in [-0.39, 0.29) is 17.6 Å². The van der Waals surface area contributed by atoms with Crippen molar-refractivity contribution in [3.8, 4) is 0 Å². The van der Waals surface area contributed by atoms with Crippen LogP contribution in [0, 0.1) is 40.9 Å². The molecule has 132 valence electrons. The molecule has 2 N–H and O–H groups in total. The maximum atomic E-state index is 10.6. The summed E-state index contributed by atoms with van der Waals surface area (Å²) in [5, 5.41) is 21.1. The highest BCUT2D eigenvalue weighted by atomic mass is 16.3. The Bertz CT molecular complexity index is 432. The van der Waals surface area contributed by atoms with Crippen molar-refractivity contribution in [1.29, 1.82) is 0 Å². The van der Waals surface area contributed by atoms with Gasteiger partial charge in [-0.1, -0.05) is 26.7 Å². The third kappa shape index (κ3) is 2.59. The number of aliphatic hydroxyl groups is 2. The van der Waals surface area contributed by atoms with E-state index in [1.54, 1.807) is 0 Å². The van der Waals surface area contributed by atoms with Crippen LogP contribution in [0.15, 0.2) is 0 Å². The van der Waals surface area contributed by atoms with E-state index in [4.69, 9.17) is 0 Å². The Morgan fingerprint density at radius 3 is 2.00 bits per heavy atom. The molecule has 0 aromatic rings. The van der Waals surface area contributed by atoms with Gasteiger partial charge in [-0.2, -0.15) is 0 Å². The van der Waals surface area contributed by atoms with E-state index in [1.165, 1.54) is 51.4 Å². The summed E-state index contributed by atoms with van der Waals surface area (Å²) in [4.78, 5) is 0. The molecule has 0 radical (unpaired) electrons.